The first-order chi connectivity index (χ1) is 34.5. The Morgan fingerprint density at radius 2 is 1.32 bits per heavy atom. The zero-order chi connectivity index (χ0) is 51.1. The van der Waals surface area contributed by atoms with Gasteiger partial charge in [0, 0.05) is 13.1 Å². The number of carbonyl (C=O) groups is 4. The van der Waals surface area contributed by atoms with Gasteiger partial charge in [-0.2, -0.15) is 0 Å². The van der Waals surface area contributed by atoms with E-state index in [9.17, 15) is 19.2 Å². The number of imidazole rings is 2. The van der Waals surface area contributed by atoms with Gasteiger partial charge in [-0.15, -0.1) is 0 Å². The molecule has 5 atom stereocenters. The maximum atomic E-state index is 14.2. The molecule has 2 spiro atoms. The van der Waals surface area contributed by atoms with Crippen LogP contribution in [0.25, 0.3) is 33.2 Å². The molecule has 9 rings (SSSR count). The smallest absolute Gasteiger partial charge is 0.407 e. The minimum atomic E-state index is -0.697. The van der Waals surface area contributed by atoms with E-state index in [-0.39, 0.29) is 46.6 Å². The number of likely N-dealkylation sites (tertiary alicyclic amines) is 2. The maximum absolute atomic E-state index is 14.2. The van der Waals surface area contributed by atoms with Crippen LogP contribution in [0.3, 0.4) is 0 Å². The number of benzene rings is 2. The molecular formula is C58H74N8O6. The molecule has 0 radical (unpaired) electrons. The largest absolute Gasteiger partial charge is 0.453 e. The van der Waals surface area contributed by atoms with Crippen LogP contribution >= 0.6 is 0 Å². The maximum Gasteiger partial charge on any atom is 0.407 e. The van der Waals surface area contributed by atoms with E-state index in [1.165, 1.54) is 36.5 Å². The molecule has 0 unspecified atom stereocenters. The normalized spacial score (nSPS) is 24.9. The molecule has 2 aromatic heterocycles. The first-order valence-electron chi connectivity index (χ1n) is 26.2. The molecule has 5 aliphatic rings. The fraction of sp³-hybridized carbons (Fsp3) is 0.517. The fourth-order valence-electron chi connectivity index (χ4n) is 11.4. The Balaban J connectivity index is 0.960. The summed E-state index contributed by atoms with van der Waals surface area (Å²) in [6.07, 6.45) is 20.5. The molecule has 4 N–H and O–H groups in total. The second kappa shape index (κ2) is 20.6. The Morgan fingerprint density at radius 3 is 1.83 bits per heavy atom. The Kier molecular flexibility index (Phi) is 14.4. The third-order valence-electron chi connectivity index (χ3n) is 16.3. The highest BCUT2D eigenvalue weighted by molar-refractivity contribution is 5.88. The van der Waals surface area contributed by atoms with E-state index in [2.05, 4.69) is 102 Å². The molecule has 14 nitrogen and oxygen atoms in total. The summed E-state index contributed by atoms with van der Waals surface area (Å²) in [6.45, 7) is 17.7. The zero-order valence-corrected chi connectivity index (χ0v) is 43.5. The molecule has 4 amide bonds. The fourth-order valence-corrected chi connectivity index (χ4v) is 11.4. The summed E-state index contributed by atoms with van der Waals surface area (Å²) in [5, 5.41) is 5.58. The lowest BCUT2D eigenvalue weighted by molar-refractivity contribution is -0.136. The van der Waals surface area contributed by atoms with Crippen molar-refractivity contribution in [2.75, 3.05) is 27.3 Å². The molecule has 2 aliphatic heterocycles. The molecule has 4 fully saturated rings. The number of nitrogens with zero attached hydrogens (tertiary/aromatic N) is 4. The summed E-state index contributed by atoms with van der Waals surface area (Å²) in [7, 11) is 2.64. The number of aromatic nitrogens is 4. The third kappa shape index (κ3) is 10.7. The van der Waals surface area contributed by atoms with Crippen LogP contribution in [0.2, 0.25) is 0 Å². The van der Waals surface area contributed by atoms with E-state index in [0.717, 1.165) is 115 Å². The lowest BCUT2D eigenvalue weighted by Gasteiger charge is -2.30. The number of hydrogen-bond donors (Lipinski definition) is 4. The Morgan fingerprint density at radius 1 is 0.778 bits per heavy atom. The number of hydrogen-bond acceptors (Lipinski definition) is 8. The number of carbonyl (C=O) groups excluding carboxylic acids is 4. The molecule has 4 aromatic rings. The van der Waals surface area contributed by atoms with Gasteiger partial charge in [-0.3, -0.25) is 9.59 Å². The van der Waals surface area contributed by atoms with Gasteiger partial charge >= 0.3 is 12.2 Å². The molecule has 4 heterocycles. The van der Waals surface area contributed by atoms with Crippen LogP contribution in [0, 0.1) is 28.6 Å². The van der Waals surface area contributed by atoms with Crippen molar-refractivity contribution in [2.45, 2.75) is 136 Å². The number of H-pyrrole nitrogens is 2. The highest BCUT2D eigenvalue weighted by Gasteiger charge is 2.56. The summed E-state index contributed by atoms with van der Waals surface area (Å²) in [4.78, 5) is 74.2. The van der Waals surface area contributed by atoms with Crippen molar-refractivity contribution in [3.8, 4) is 0 Å². The van der Waals surface area contributed by atoms with Crippen LogP contribution in [0.4, 0.5) is 9.59 Å². The number of alkyl carbamates (subject to hydrolysis) is 2. The van der Waals surface area contributed by atoms with E-state index >= 15 is 0 Å². The number of methoxy groups -OCH3 is 2. The summed E-state index contributed by atoms with van der Waals surface area (Å²) < 4.78 is 9.76. The van der Waals surface area contributed by atoms with Gasteiger partial charge in [-0.1, -0.05) is 83.7 Å². The summed E-state index contributed by atoms with van der Waals surface area (Å²) in [5.41, 5.74) is 11.0. The molecule has 382 valence electrons. The second-order valence-corrected chi connectivity index (χ2v) is 22.3. The van der Waals surface area contributed by atoms with E-state index in [1.807, 2.05) is 43.6 Å². The highest BCUT2D eigenvalue weighted by Crippen LogP contribution is 2.59. The van der Waals surface area contributed by atoms with Gasteiger partial charge in [0.25, 0.3) is 0 Å². The topological polar surface area (TPSA) is 175 Å². The van der Waals surface area contributed by atoms with E-state index < -0.39 is 24.3 Å². The number of rotatable bonds is 11. The second-order valence-electron chi connectivity index (χ2n) is 22.3. The van der Waals surface area contributed by atoms with E-state index in [1.54, 1.807) is 0 Å². The Bertz CT molecular complexity index is 2870. The SMILES string of the molecule is C=C/C=C1\C=C(\c2ccc3nc([C@@H]4CC5(CC5)CN4C(=O)[C@@H](NC(=O)OC)C(C)C)[nH]c3c2)CCC[C@@H](C)/C=C\C(=C(/C)c2ccc3nc([C@@H]4CC5(CC5)CN4C(=O)[C@@H](NC(=O)OC)C(C)C)[nH]c3c2)CC1. The average Bonchev–Trinajstić information content (AvgIpc) is 4.01. The number of allylic oxidation sites excluding steroid dienone is 9. The summed E-state index contributed by atoms with van der Waals surface area (Å²) in [5.74, 6) is 1.52. The van der Waals surface area contributed by atoms with Crippen LogP contribution in [0.5, 0.6) is 0 Å². The molecule has 2 saturated carbocycles. The number of fused-ring (bicyclic) bond motifs is 2. The minimum absolute atomic E-state index is 0.0998. The van der Waals surface area contributed by atoms with Crippen molar-refractivity contribution < 1.29 is 28.7 Å². The molecule has 3 aliphatic carbocycles. The van der Waals surface area contributed by atoms with Crippen molar-refractivity contribution in [1.29, 1.82) is 0 Å². The van der Waals surface area contributed by atoms with Gasteiger partial charge in [0.2, 0.25) is 11.8 Å². The molecule has 2 aromatic carbocycles. The first-order valence-corrected chi connectivity index (χ1v) is 26.2. The highest BCUT2D eigenvalue weighted by atomic mass is 16.5. The average molecular weight is 979 g/mol. The van der Waals surface area contributed by atoms with Gasteiger partial charge in [0.05, 0.1) is 48.4 Å². The van der Waals surface area contributed by atoms with Crippen LogP contribution in [-0.2, 0) is 19.1 Å². The molecule has 72 heavy (non-hydrogen) atoms. The van der Waals surface area contributed by atoms with Gasteiger partial charge in [-0.05, 0) is 164 Å². The predicted molar refractivity (Wildman–Crippen MR) is 282 cm³/mol. The summed E-state index contributed by atoms with van der Waals surface area (Å²) in [6, 6.07) is 11.1. The third-order valence-corrected chi connectivity index (χ3v) is 16.3. The molecule has 14 heteroatoms. The zero-order valence-electron chi connectivity index (χ0n) is 43.5. The first kappa shape index (κ1) is 50.5. The number of aromatic amines is 2. The minimum Gasteiger partial charge on any atom is -0.453 e. The number of ether oxygens (including phenoxy) is 2. The van der Waals surface area contributed by atoms with Crippen molar-refractivity contribution in [3.05, 3.63) is 107 Å². The summed E-state index contributed by atoms with van der Waals surface area (Å²) >= 11 is 0. The van der Waals surface area contributed by atoms with Crippen molar-refractivity contribution in [3.63, 3.8) is 0 Å². The number of amides is 4. The quantitative estimate of drug-likeness (QED) is 0.115. The van der Waals surface area contributed by atoms with Crippen molar-refractivity contribution in [1.82, 2.24) is 40.4 Å². The van der Waals surface area contributed by atoms with Gasteiger partial charge in [0.15, 0.2) is 0 Å². The van der Waals surface area contributed by atoms with Crippen LogP contribution < -0.4 is 10.6 Å². The van der Waals surface area contributed by atoms with Gasteiger partial charge in [-0.25, -0.2) is 19.6 Å². The van der Waals surface area contributed by atoms with Gasteiger partial charge < -0.3 is 39.9 Å². The molecular weight excluding hydrogens is 905 g/mol. The molecule has 0 bridgehead atoms. The van der Waals surface area contributed by atoms with Crippen molar-refractivity contribution in [2.24, 2.45) is 28.6 Å². The number of nitrogens with one attached hydrogen (secondary N) is 4. The van der Waals surface area contributed by atoms with Crippen LogP contribution in [-0.4, -0.2) is 93.1 Å². The lowest BCUT2D eigenvalue weighted by atomic mass is 9.90. The monoisotopic (exact) mass is 979 g/mol. The van der Waals surface area contributed by atoms with Crippen LogP contribution in [0.15, 0.2) is 84.5 Å². The van der Waals surface area contributed by atoms with Crippen molar-refractivity contribution >= 4 is 57.2 Å². The Labute approximate surface area is 424 Å². The van der Waals surface area contributed by atoms with Crippen LogP contribution in [0.1, 0.15) is 147 Å². The standard InChI is InChI=1S/C58H74N8O6/c1-10-12-38-16-18-39(37(7)40-19-21-43-45(28-40)61-51(59-43)47-30-57(23-24-57)32-65(47)53(67)49(34(2)3)63-55(69)71-8)17-15-36(6)13-11-14-41(27-38)42-20-22-44-46(29-42)62-52(60-44)48-31-58(25-26-58)33-66(48)54(68)50(35(4)5)64-56(70)72-9/h10,12,15,17,19-22,27-29,34-36,47-50H,1,11,13-14,16,18,23-26,30-33H2,2-9H3,(H,59,61)(H,60,62)(H,63,69)(H,64,70)/b17-15-,38-12-,39-37-,41-27+/t36-,47+,48+,49+,50+/m1/s1. The predicted octanol–water partition coefficient (Wildman–Crippen LogP) is 11.4. The van der Waals surface area contributed by atoms with Gasteiger partial charge in [0.1, 0.15) is 23.7 Å². The van der Waals surface area contributed by atoms with E-state index in [0.29, 0.717) is 19.0 Å². The van der Waals surface area contributed by atoms with E-state index in [4.69, 9.17) is 19.4 Å². The lowest BCUT2D eigenvalue weighted by Crippen LogP contribution is -2.51. The molecule has 2 saturated heterocycles. The Hall–Kier alpha value is -6.44.